The molecule has 0 amide bonds. The zero-order chi connectivity index (χ0) is 21.3. The minimum atomic E-state index is -1.87. The first-order valence-electron chi connectivity index (χ1n) is 8.80. The van der Waals surface area contributed by atoms with Crippen LogP contribution in [0.4, 0.5) is 11.4 Å². The van der Waals surface area contributed by atoms with Gasteiger partial charge in [-0.15, -0.1) is 0 Å². The Kier molecular flexibility index (Phi) is 4.55. The number of rotatable bonds is 5. The molecule has 0 fully saturated rings. The van der Waals surface area contributed by atoms with E-state index in [1.807, 2.05) is 0 Å². The van der Waals surface area contributed by atoms with Crippen LogP contribution in [0.5, 0.6) is 0 Å². The third kappa shape index (κ3) is 2.98. The fourth-order valence-corrected chi connectivity index (χ4v) is 3.36. The maximum atomic E-state index is 13.2. The molecular weight excluding hydrogens is 390 g/mol. The summed E-state index contributed by atoms with van der Waals surface area (Å²) in [6.07, 6.45) is 0. The molecule has 9 nitrogen and oxygen atoms in total. The van der Waals surface area contributed by atoms with Crippen LogP contribution in [0.25, 0.3) is 0 Å². The number of nitro groups is 2. The molecule has 0 saturated heterocycles. The van der Waals surface area contributed by atoms with Gasteiger partial charge in [-0.05, 0) is 23.8 Å². The summed E-state index contributed by atoms with van der Waals surface area (Å²) in [6, 6.07) is 20.0. The van der Waals surface area contributed by atoms with Crippen molar-refractivity contribution in [3.63, 3.8) is 0 Å². The molecule has 3 aromatic carbocycles. The molecule has 30 heavy (non-hydrogen) atoms. The maximum Gasteiger partial charge on any atom is 0.350 e. The quantitative estimate of drug-likeness (QED) is 0.363. The van der Waals surface area contributed by atoms with Gasteiger partial charge in [0.2, 0.25) is 11.4 Å². The monoisotopic (exact) mass is 403 g/mol. The second-order valence-electron chi connectivity index (χ2n) is 6.46. The Labute approximate surface area is 169 Å². The van der Waals surface area contributed by atoms with Gasteiger partial charge in [0.25, 0.3) is 11.4 Å². The van der Waals surface area contributed by atoms with Crippen molar-refractivity contribution in [1.82, 2.24) is 0 Å². The summed E-state index contributed by atoms with van der Waals surface area (Å²) in [4.78, 5) is 39.1. The Morgan fingerprint density at radius 1 is 0.833 bits per heavy atom. The number of carbonyl (C=O) groups is 1. The Balaban J connectivity index is 2.02. The molecule has 0 saturated carbocycles. The standard InChI is InChI=1S/C21H13N3O6/c25-20-21(15-9-5-2-6-10-15,22-19(30-20)14-7-3-1-4-8-14)17-12-11-16(23(26)27)13-18(17)24(28)29/h1-13H. The van der Waals surface area contributed by atoms with Crippen LogP contribution in [0.15, 0.2) is 83.9 Å². The van der Waals surface area contributed by atoms with E-state index in [2.05, 4.69) is 4.99 Å². The van der Waals surface area contributed by atoms with E-state index in [-0.39, 0.29) is 11.5 Å². The highest BCUT2D eigenvalue weighted by Gasteiger charge is 2.53. The van der Waals surface area contributed by atoms with Crippen molar-refractivity contribution >= 4 is 23.2 Å². The molecule has 0 spiro atoms. The second kappa shape index (κ2) is 7.21. The molecule has 1 aliphatic heterocycles. The van der Waals surface area contributed by atoms with Crippen molar-refractivity contribution in [2.75, 3.05) is 0 Å². The van der Waals surface area contributed by atoms with Crippen molar-refractivity contribution < 1.29 is 19.4 Å². The van der Waals surface area contributed by atoms with E-state index in [1.54, 1.807) is 60.7 Å². The summed E-state index contributed by atoms with van der Waals surface area (Å²) in [5.74, 6) is -0.818. The number of esters is 1. The van der Waals surface area contributed by atoms with E-state index >= 15 is 0 Å². The first kappa shape index (κ1) is 18.9. The van der Waals surface area contributed by atoms with Crippen LogP contribution in [0.1, 0.15) is 16.7 Å². The van der Waals surface area contributed by atoms with Crippen LogP contribution in [0.3, 0.4) is 0 Å². The fourth-order valence-electron chi connectivity index (χ4n) is 3.36. The minimum Gasteiger partial charge on any atom is -0.405 e. The predicted molar refractivity (Wildman–Crippen MR) is 106 cm³/mol. The van der Waals surface area contributed by atoms with Gasteiger partial charge in [0.15, 0.2) is 0 Å². The van der Waals surface area contributed by atoms with Gasteiger partial charge < -0.3 is 4.74 Å². The van der Waals surface area contributed by atoms with Crippen LogP contribution in [-0.4, -0.2) is 21.7 Å². The maximum absolute atomic E-state index is 13.2. The molecule has 4 rings (SSSR count). The number of nitro benzene ring substituents is 2. The lowest BCUT2D eigenvalue weighted by molar-refractivity contribution is -0.394. The normalized spacial score (nSPS) is 17.9. The molecule has 3 aromatic rings. The smallest absolute Gasteiger partial charge is 0.350 e. The largest absolute Gasteiger partial charge is 0.405 e. The van der Waals surface area contributed by atoms with Crippen molar-refractivity contribution in [3.05, 3.63) is 116 Å². The van der Waals surface area contributed by atoms with Crippen molar-refractivity contribution in [3.8, 4) is 0 Å². The third-order valence-corrected chi connectivity index (χ3v) is 4.74. The number of hydrogen-bond donors (Lipinski definition) is 0. The molecule has 0 aliphatic carbocycles. The van der Waals surface area contributed by atoms with Crippen LogP contribution in [0, 0.1) is 20.2 Å². The average Bonchev–Trinajstić information content (AvgIpc) is 3.12. The van der Waals surface area contributed by atoms with Gasteiger partial charge in [0, 0.05) is 11.6 Å². The predicted octanol–water partition coefficient (Wildman–Crippen LogP) is 3.75. The third-order valence-electron chi connectivity index (χ3n) is 4.74. The van der Waals surface area contributed by atoms with Crippen LogP contribution < -0.4 is 0 Å². The summed E-state index contributed by atoms with van der Waals surface area (Å²) >= 11 is 0. The number of ether oxygens (including phenoxy) is 1. The minimum absolute atomic E-state index is 0.0112. The highest BCUT2D eigenvalue weighted by Crippen LogP contribution is 2.44. The average molecular weight is 403 g/mol. The van der Waals surface area contributed by atoms with Crippen LogP contribution in [-0.2, 0) is 15.1 Å². The van der Waals surface area contributed by atoms with Gasteiger partial charge in [0.05, 0.1) is 21.5 Å². The fraction of sp³-hybridized carbons (Fsp3) is 0.0476. The van der Waals surface area contributed by atoms with Crippen molar-refractivity contribution in [1.29, 1.82) is 0 Å². The SMILES string of the molecule is O=C1OC(c2ccccc2)=NC1(c1ccccc1)c1ccc([N+](=O)[O-])cc1[N+](=O)[O-]. The number of non-ortho nitro benzene ring substituents is 1. The molecule has 1 aliphatic rings. The Morgan fingerprint density at radius 2 is 1.47 bits per heavy atom. The molecule has 9 heteroatoms. The molecule has 0 N–H and O–H groups in total. The molecule has 0 aromatic heterocycles. The number of nitrogens with zero attached hydrogens (tertiary/aromatic N) is 3. The Bertz CT molecular complexity index is 1190. The summed E-state index contributed by atoms with van der Waals surface area (Å²) < 4.78 is 5.44. The van der Waals surface area contributed by atoms with E-state index in [4.69, 9.17) is 4.74 Å². The van der Waals surface area contributed by atoms with Gasteiger partial charge in [-0.25, -0.2) is 9.79 Å². The van der Waals surface area contributed by atoms with Gasteiger partial charge in [-0.2, -0.15) is 0 Å². The highest BCUT2D eigenvalue weighted by atomic mass is 16.6. The van der Waals surface area contributed by atoms with E-state index in [0.29, 0.717) is 11.1 Å². The first-order valence-corrected chi connectivity index (χ1v) is 8.80. The number of cyclic esters (lactones) is 1. The zero-order valence-electron chi connectivity index (χ0n) is 15.3. The van der Waals surface area contributed by atoms with Crippen molar-refractivity contribution in [2.24, 2.45) is 4.99 Å². The topological polar surface area (TPSA) is 125 Å². The molecule has 1 atom stereocenters. The highest BCUT2D eigenvalue weighted by molar-refractivity contribution is 6.10. The molecule has 0 bridgehead atoms. The lowest BCUT2D eigenvalue weighted by Crippen LogP contribution is -2.33. The zero-order valence-corrected chi connectivity index (χ0v) is 15.3. The number of carbonyl (C=O) groups excluding carboxylic acids is 1. The molecule has 1 unspecified atom stereocenters. The van der Waals surface area contributed by atoms with Crippen LogP contribution in [0.2, 0.25) is 0 Å². The number of benzene rings is 3. The Morgan fingerprint density at radius 3 is 2.07 bits per heavy atom. The first-order chi connectivity index (χ1) is 14.4. The van der Waals surface area contributed by atoms with Gasteiger partial charge in [0.1, 0.15) is 0 Å². The molecule has 1 heterocycles. The second-order valence-corrected chi connectivity index (χ2v) is 6.46. The van der Waals surface area contributed by atoms with E-state index in [9.17, 15) is 25.0 Å². The summed E-state index contributed by atoms with van der Waals surface area (Å²) in [6.45, 7) is 0. The van der Waals surface area contributed by atoms with E-state index < -0.39 is 32.7 Å². The van der Waals surface area contributed by atoms with E-state index in [1.165, 1.54) is 6.07 Å². The Hall–Kier alpha value is -4.40. The lowest BCUT2D eigenvalue weighted by Gasteiger charge is -2.22. The molecule has 0 radical (unpaired) electrons. The van der Waals surface area contributed by atoms with E-state index in [0.717, 1.165) is 12.1 Å². The van der Waals surface area contributed by atoms with Gasteiger partial charge in [-0.1, -0.05) is 48.5 Å². The summed E-state index contributed by atoms with van der Waals surface area (Å²) in [5.41, 5.74) is -2.18. The van der Waals surface area contributed by atoms with Crippen molar-refractivity contribution in [2.45, 2.75) is 5.54 Å². The van der Waals surface area contributed by atoms with Crippen LogP contribution >= 0.6 is 0 Å². The summed E-state index contributed by atoms with van der Waals surface area (Å²) in [5, 5.41) is 22.9. The lowest BCUT2D eigenvalue weighted by atomic mass is 9.82. The van der Waals surface area contributed by atoms with Gasteiger partial charge >= 0.3 is 5.97 Å². The molecular formula is C21H13N3O6. The van der Waals surface area contributed by atoms with Gasteiger partial charge in [-0.3, -0.25) is 20.2 Å². The summed E-state index contributed by atoms with van der Waals surface area (Å²) in [7, 11) is 0. The number of aliphatic imine (C=N–C) groups is 1. The molecule has 148 valence electrons. The number of hydrogen-bond acceptors (Lipinski definition) is 7.